The van der Waals surface area contributed by atoms with E-state index >= 15 is 0 Å². The summed E-state index contributed by atoms with van der Waals surface area (Å²) in [5.74, 6) is 0.190. The van der Waals surface area contributed by atoms with Crippen molar-refractivity contribution in [2.24, 2.45) is 0 Å². The van der Waals surface area contributed by atoms with Gasteiger partial charge in [-0.1, -0.05) is 42.1 Å². The van der Waals surface area contributed by atoms with Crippen LogP contribution >= 0.6 is 23.1 Å². The Kier molecular flexibility index (Phi) is 5.50. The number of nitrogens with zero attached hydrogens (tertiary/aromatic N) is 2. The topological polar surface area (TPSA) is 67.3 Å². The molecule has 2 atom stereocenters. The van der Waals surface area contributed by atoms with E-state index in [-0.39, 0.29) is 28.7 Å². The fraction of sp³-hybridized carbons (Fsp3) is 0.412. The van der Waals surface area contributed by atoms with Crippen molar-refractivity contribution < 1.29 is 13.2 Å². The SMILES string of the molecule is C[C@H](Sc1nc(-c2ccccc2)cs1)C(=O)N(C)[C@@H]1CCS(=O)(=O)C1. The molecule has 1 aromatic carbocycles. The van der Waals surface area contributed by atoms with Gasteiger partial charge in [-0.2, -0.15) is 0 Å². The highest BCUT2D eigenvalue weighted by Crippen LogP contribution is 2.31. The van der Waals surface area contributed by atoms with Crippen LogP contribution in [0.5, 0.6) is 0 Å². The molecule has 0 bridgehead atoms. The summed E-state index contributed by atoms with van der Waals surface area (Å²) < 4.78 is 24.1. The van der Waals surface area contributed by atoms with Gasteiger partial charge in [0.05, 0.1) is 22.4 Å². The second-order valence-electron chi connectivity index (χ2n) is 6.13. The number of thioether (sulfide) groups is 1. The van der Waals surface area contributed by atoms with E-state index in [0.717, 1.165) is 15.6 Å². The van der Waals surface area contributed by atoms with Crippen molar-refractivity contribution in [3.05, 3.63) is 35.7 Å². The number of aromatic nitrogens is 1. The van der Waals surface area contributed by atoms with Crippen molar-refractivity contribution in [3.8, 4) is 11.3 Å². The molecule has 0 radical (unpaired) electrons. The van der Waals surface area contributed by atoms with E-state index in [0.29, 0.717) is 6.42 Å². The molecule has 25 heavy (non-hydrogen) atoms. The zero-order valence-electron chi connectivity index (χ0n) is 14.1. The molecule has 8 heteroatoms. The number of sulfone groups is 1. The Labute approximate surface area is 156 Å². The minimum atomic E-state index is -3.00. The summed E-state index contributed by atoms with van der Waals surface area (Å²) in [6.07, 6.45) is 0.525. The number of benzene rings is 1. The summed E-state index contributed by atoms with van der Waals surface area (Å²) in [7, 11) is -1.30. The molecule has 1 aromatic heterocycles. The second-order valence-corrected chi connectivity index (χ2v) is 10.8. The van der Waals surface area contributed by atoms with E-state index < -0.39 is 9.84 Å². The van der Waals surface area contributed by atoms with Crippen molar-refractivity contribution in [1.29, 1.82) is 0 Å². The van der Waals surface area contributed by atoms with Crippen LogP contribution in [0.1, 0.15) is 13.3 Å². The number of rotatable bonds is 5. The lowest BCUT2D eigenvalue weighted by Gasteiger charge is -2.25. The van der Waals surface area contributed by atoms with Gasteiger partial charge in [0.25, 0.3) is 0 Å². The van der Waals surface area contributed by atoms with Crippen molar-refractivity contribution in [1.82, 2.24) is 9.88 Å². The summed E-state index contributed by atoms with van der Waals surface area (Å²) in [5, 5.41) is 1.69. The van der Waals surface area contributed by atoms with Crippen molar-refractivity contribution >= 4 is 38.8 Å². The van der Waals surface area contributed by atoms with Crippen LogP contribution in [0.15, 0.2) is 40.1 Å². The molecule has 134 valence electrons. The molecule has 1 fully saturated rings. The highest BCUT2D eigenvalue weighted by molar-refractivity contribution is 8.02. The van der Waals surface area contributed by atoms with Gasteiger partial charge in [0.1, 0.15) is 0 Å². The molecule has 0 aliphatic carbocycles. The third-order valence-electron chi connectivity index (χ3n) is 4.28. The number of hydrogen-bond donors (Lipinski definition) is 0. The maximum absolute atomic E-state index is 12.6. The minimum absolute atomic E-state index is 0.0523. The van der Waals surface area contributed by atoms with Crippen LogP contribution in [0.2, 0.25) is 0 Å². The first kappa shape index (κ1) is 18.4. The van der Waals surface area contributed by atoms with Crippen molar-refractivity contribution in [2.45, 2.75) is 29.0 Å². The Morgan fingerprint density at radius 1 is 1.36 bits per heavy atom. The lowest BCUT2D eigenvalue weighted by atomic mass is 10.2. The normalized spacial score (nSPS) is 20.3. The average Bonchev–Trinajstić information content (AvgIpc) is 3.20. The zero-order valence-corrected chi connectivity index (χ0v) is 16.5. The molecule has 1 saturated heterocycles. The summed E-state index contributed by atoms with van der Waals surface area (Å²) in [6.45, 7) is 1.84. The molecular weight excluding hydrogens is 376 g/mol. The first-order chi connectivity index (χ1) is 11.9. The van der Waals surface area contributed by atoms with Crippen LogP contribution in [0.25, 0.3) is 11.3 Å². The molecule has 0 unspecified atom stereocenters. The zero-order chi connectivity index (χ0) is 18.0. The molecule has 2 aromatic rings. The predicted molar refractivity (Wildman–Crippen MR) is 103 cm³/mol. The fourth-order valence-electron chi connectivity index (χ4n) is 2.80. The van der Waals surface area contributed by atoms with E-state index in [1.807, 2.05) is 42.6 Å². The molecule has 1 aliphatic rings. The highest BCUT2D eigenvalue weighted by atomic mass is 32.2. The van der Waals surface area contributed by atoms with Crippen molar-refractivity contribution in [2.75, 3.05) is 18.6 Å². The van der Waals surface area contributed by atoms with Gasteiger partial charge in [-0.15, -0.1) is 11.3 Å². The molecule has 5 nitrogen and oxygen atoms in total. The number of thiazole rings is 1. The largest absolute Gasteiger partial charge is 0.341 e. The Balaban J connectivity index is 1.63. The summed E-state index contributed by atoms with van der Waals surface area (Å²) >= 11 is 2.94. The lowest BCUT2D eigenvalue weighted by molar-refractivity contribution is -0.130. The monoisotopic (exact) mass is 396 g/mol. The molecule has 2 heterocycles. The quantitative estimate of drug-likeness (QED) is 0.727. The highest BCUT2D eigenvalue weighted by Gasteiger charge is 2.34. The van der Waals surface area contributed by atoms with Crippen LogP contribution in [-0.2, 0) is 14.6 Å². The van der Waals surface area contributed by atoms with Crippen LogP contribution < -0.4 is 0 Å². The van der Waals surface area contributed by atoms with Gasteiger partial charge in [-0.05, 0) is 13.3 Å². The molecule has 0 spiro atoms. The Morgan fingerprint density at radius 3 is 2.72 bits per heavy atom. The Morgan fingerprint density at radius 2 is 2.08 bits per heavy atom. The Bertz CT molecular complexity index is 849. The third kappa shape index (κ3) is 4.43. The van der Waals surface area contributed by atoms with Crippen LogP contribution in [0, 0.1) is 0 Å². The molecular formula is C17H20N2O3S3. The average molecular weight is 397 g/mol. The fourth-order valence-corrected chi connectivity index (χ4v) is 6.65. The second kappa shape index (κ2) is 7.47. The molecule has 3 rings (SSSR count). The van der Waals surface area contributed by atoms with Crippen LogP contribution in [0.4, 0.5) is 0 Å². The van der Waals surface area contributed by atoms with E-state index in [1.54, 1.807) is 11.9 Å². The van der Waals surface area contributed by atoms with Gasteiger partial charge in [0.15, 0.2) is 14.2 Å². The van der Waals surface area contributed by atoms with Gasteiger partial charge in [0, 0.05) is 24.0 Å². The minimum Gasteiger partial charge on any atom is -0.341 e. The van der Waals surface area contributed by atoms with E-state index in [1.165, 1.54) is 23.1 Å². The molecule has 1 aliphatic heterocycles. The number of carbonyl (C=O) groups is 1. The third-order valence-corrected chi connectivity index (χ3v) is 8.09. The van der Waals surface area contributed by atoms with E-state index in [9.17, 15) is 13.2 Å². The lowest BCUT2D eigenvalue weighted by Crippen LogP contribution is -2.41. The van der Waals surface area contributed by atoms with Crippen LogP contribution in [0.3, 0.4) is 0 Å². The van der Waals surface area contributed by atoms with Crippen molar-refractivity contribution in [3.63, 3.8) is 0 Å². The first-order valence-corrected chi connectivity index (χ1v) is 11.6. The standard InChI is InChI=1S/C17H20N2O3S3/c1-12(16(20)19(2)14-8-9-25(21,22)11-14)24-17-18-15(10-23-17)13-6-4-3-5-7-13/h3-7,10,12,14H,8-9,11H2,1-2H3/t12-,14+/m0/s1. The van der Waals surface area contributed by atoms with Gasteiger partial charge in [0.2, 0.25) is 5.91 Å². The summed E-state index contributed by atoms with van der Waals surface area (Å²) in [5.41, 5.74) is 1.96. The predicted octanol–water partition coefficient (Wildman–Crippen LogP) is 2.94. The van der Waals surface area contributed by atoms with Gasteiger partial charge in [-0.3, -0.25) is 4.79 Å². The maximum atomic E-state index is 12.6. The number of amides is 1. The Hall–Kier alpha value is -1.38. The molecule has 0 saturated carbocycles. The maximum Gasteiger partial charge on any atom is 0.235 e. The van der Waals surface area contributed by atoms with Gasteiger partial charge >= 0.3 is 0 Å². The van der Waals surface area contributed by atoms with Crippen LogP contribution in [-0.4, -0.2) is 54.1 Å². The van der Waals surface area contributed by atoms with E-state index in [2.05, 4.69) is 4.98 Å². The van der Waals surface area contributed by atoms with Gasteiger partial charge in [-0.25, -0.2) is 13.4 Å². The summed E-state index contributed by atoms with van der Waals surface area (Å²) in [4.78, 5) is 18.8. The number of hydrogen-bond acceptors (Lipinski definition) is 6. The first-order valence-electron chi connectivity index (χ1n) is 8.00. The van der Waals surface area contributed by atoms with Gasteiger partial charge < -0.3 is 4.90 Å². The summed E-state index contributed by atoms with van der Waals surface area (Å²) in [6, 6.07) is 9.71. The molecule has 0 N–H and O–H groups in total. The van der Waals surface area contributed by atoms with E-state index in [4.69, 9.17) is 0 Å². The smallest absolute Gasteiger partial charge is 0.235 e. The molecule has 1 amide bonds. The number of carbonyl (C=O) groups excluding carboxylic acids is 1.